The standard InChI is InChI=1S/C28H19ClF2N4O4S2/c1-39-23-9-5-8-18(25(23)36)14-32-19-13-20(16-6-3-2-4-7-16)27(33-15-19)41(37,38)35-28-34-24(26(31)40-28)17-10-11-22(30)21(29)12-17/h2-15,36H,1H3,(H,34,35)/b32-14+. The van der Waals surface area contributed by atoms with Gasteiger partial charge in [-0.3, -0.25) is 9.71 Å². The second-order valence-corrected chi connectivity index (χ2v) is 11.4. The Morgan fingerprint density at radius 2 is 1.83 bits per heavy atom. The van der Waals surface area contributed by atoms with E-state index in [1.165, 1.54) is 37.7 Å². The Balaban J connectivity index is 1.50. The summed E-state index contributed by atoms with van der Waals surface area (Å²) in [5.41, 5.74) is 1.45. The molecule has 8 nitrogen and oxygen atoms in total. The number of sulfonamides is 1. The minimum Gasteiger partial charge on any atom is -0.504 e. The number of benzene rings is 3. The highest BCUT2D eigenvalue weighted by atomic mass is 35.5. The molecule has 5 rings (SSSR count). The number of aliphatic imine (C=N–C) groups is 1. The van der Waals surface area contributed by atoms with Gasteiger partial charge in [0.2, 0.25) is 5.13 Å². The first-order valence-electron chi connectivity index (χ1n) is 11.8. The summed E-state index contributed by atoms with van der Waals surface area (Å²) < 4.78 is 62.6. The third-order valence-electron chi connectivity index (χ3n) is 5.78. The predicted molar refractivity (Wildman–Crippen MR) is 155 cm³/mol. The van der Waals surface area contributed by atoms with Crippen LogP contribution in [0.1, 0.15) is 5.56 Å². The molecule has 2 heterocycles. The summed E-state index contributed by atoms with van der Waals surface area (Å²) in [6.07, 6.45) is 2.65. The number of phenolic OH excluding ortho intramolecular Hbond substituents is 1. The van der Waals surface area contributed by atoms with Gasteiger partial charge in [0.25, 0.3) is 10.0 Å². The Labute approximate surface area is 242 Å². The van der Waals surface area contributed by atoms with Gasteiger partial charge in [-0.15, -0.1) is 0 Å². The van der Waals surface area contributed by atoms with Crippen LogP contribution in [0.4, 0.5) is 19.6 Å². The molecule has 0 fully saturated rings. The number of pyridine rings is 1. The number of aromatic hydroxyl groups is 1. The van der Waals surface area contributed by atoms with E-state index in [2.05, 4.69) is 19.7 Å². The molecular formula is C28H19ClF2N4O4S2. The van der Waals surface area contributed by atoms with Crippen LogP contribution in [0, 0.1) is 10.9 Å². The molecule has 0 aliphatic heterocycles. The minimum atomic E-state index is -4.37. The van der Waals surface area contributed by atoms with Gasteiger partial charge in [-0.1, -0.05) is 59.3 Å². The monoisotopic (exact) mass is 612 g/mol. The molecule has 0 bridgehead atoms. The second-order valence-electron chi connectivity index (χ2n) is 8.44. The normalized spacial score (nSPS) is 11.6. The van der Waals surface area contributed by atoms with Crippen LogP contribution in [0.2, 0.25) is 5.02 Å². The second kappa shape index (κ2) is 11.6. The Bertz CT molecular complexity index is 1880. The van der Waals surface area contributed by atoms with Crippen LogP contribution in [0.3, 0.4) is 0 Å². The predicted octanol–water partition coefficient (Wildman–Crippen LogP) is 7.07. The first kappa shape index (κ1) is 28.1. The van der Waals surface area contributed by atoms with Gasteiger partial charge >= 0.3 is 0 Å². The van der Waals surface area contributed by atoms with Crippen molar-refractivity contribution in [1.29, 1.82) is 0 Å². The number of anilines is 1. The number of methoxy groups -OCH3 is 1. The lowest BCUT2D eigenvalue weighted by Crippen LogP contribution is -2.15. The molecule has 41 heavy (non-hydrogen) atoms. The molecule has 0 amide bonds. The zero-order chi connectivity index (χ0) is 29.1. The molecule has 5 aromatic rings. The number of nitrogens with zero attached hydrogens (tertiary/aromatic N) is 3. The number of nitrogens with one attached hydrogen (secondary N) is 1. The van der Waals surface area contributed by atoms with E-state index in [-0.39, 0.29) is 43.5 Å². The molecule has 0 radical (unpaired) electrons. The zero-order valence-corrected chi connectivity index (χ0v) is 23.4. The van der Waals surface area contributed by atoms with Crippen molar-refractivity contribution < 1.29 is 27.0 Å². The largest absolute Gasteiger partial charge is 0.504 e. The number of halogens is 3. The first-order chi connectivity index (χ1) is 19.7. The maximum absolute atomic E-state index is 14.7. The van der Waals surface area contributed by atoms with Crippen molar-refractivity contribution in [2.75, 3.05) is 11.8 Å². The number of thiazole rings is 1. The van der Waals surface area contributed by atoms with Gasteiger partial charge < -0.3 is 9.84 Å². The maximum Gasteiger partial charge on any atom is 0.281 e. The summed E-state index contributed by atoms with van der Waals surface area (Å²) in [6, 6.07) is 18.7. The van der Waals surface area contributed by atoms with Crippen LogP contribution < -0.4 is 9.46 Å². The van der Waals surface area contributed by atoms with Gasteiger partial charge in [0.1, 0.15) is 11.5 Å². The summed E-state index contributed by atoms with van der Waals surface area (Å²) in [6.45, 7) is 0. The number of phenols is 1. The SMILES string of the molecule is COc1cccc(/C=N/c2cnc(S(=O)(=O)Nc3nc(-c4ccc(F)c(Cl)c4)c(F)s3)c(-c3ccccc3)c2)c1O. The van der Waals surface area contributed by atoms with E-state index in [1.807, 2.05) is 0 Å². The maximum atomic E-state index is 14.7. The average molecular weight is 613 g/mol. The lowest BCUT2D eigenvalue weighted by atomic mass is 10.1. The first-order valence-corrected chi connectivity index (χ1v) is 14.4. The lowest BCUT2D eigenvalue weighted by Gasteiger charge is -2.11. The highest BCUT2D eigenvalue weighted by Crippen LogP contribution is 2.35. The van der Waals surface area contributed by atoms with Crippen molar-refractivity contribution in [2.45, 2.75) is 5.03 Å². The molecule has 0 atom stereocenters. The third kappa shape index (κ3) is 6.04. The summed E-state index contributed by atoms with van der Waals surface area (Å²) in [5, 5.41) is 8.73. The number of hydrogen-bond acceptors (Lipinski definition) is 8. The topological polar surface area (TPSA) is 114 Å². The van der Waals surface area contributed by atoms with E-state index in [1.54, 1.807) is 48.5 Å². The zero-order valence-electron chi connectivity index (χ0n) is 21.0. The Morgan fingerprint density at radius 3 is 2.56 bits per heavy atom. The fourth-order valence-corrected chi connectivity index (χ4v) is 6.11. The molecule has 3 aromatic carbocycles. The van der Waals surface area contributed by atoms with Crippen LogP contribution in [0.25, 0.3) is 22.4 Å². The number of hydrogen-bond donors (Lipinski definition) is 2. The van der Waals surface area contributed by atoms with E-state index in [0.29, 0.717) is 28.2 Å². The lowest BCUT2D eigenvalue weighted by molar-refractivity contribution is 0.373. The molecule has 0 spiro atoms. The molecule has 0 aliphatic rings. The number of ether oxygens (including phenoxy) is 1. The van der Waals surface area contributed by atoms with Gasteiger partial charge in [-0.25, -0.2) is 14.4 Å². The van der Waals surface area contributed by atoms with E-state index >= 15 is 0 Å². The summed E-state index contributed by atoms with van der Waals surface area (Å²) >= 11 is 6.27. The summed E-state index contributed by atoms with van der Waals surface area (Å²) in [7, 11) is -2.94. The third-order valence-corrected chi connectivity index (χ3v) is 8.25. The number of para-hydroxylation sites is 1. The van der Waals surface area contributed by atoms with Gasteiger partial charge in [0.15, 0.2) is 21.7 Å². The molecule has 2 aromatic heterocycles. The van der Waals surface area contributed by atoms with Crippen molar-refractivity contribution in [1.82, 2.24) is 9.97 Å². The van der Waals surface area contributed by atoms with Gasteiger partial charge in [-0.2, -0.15) is 12.8 Å². The van der Waals surface area contributed by atoms with Crippen molar-refractivity contribution in [3.05, 3.63) is 101 Å². The minimum absolute atomic E-state index is 0.101. The van der Waals surface area contributed by atoms with Gasteiger partial charge in [0.05, 0.1) is 24.0 Å². The fourth-order valence-electron chi connectivity index (χ4n) is 3.83. The smallest absolute Gasteiger partial charge is 0.281 e. The molecule has 0 saturated carbocycles. The Kier molecular flexibility index (Phi) is 7.97. The van der Waals surface area contributed by atoms with Gasteiger partial charge in [0, 0.05) is 22.9 Å². The summed E-state index contributed by atoms with van der Waals surface area (Å²) in [4.78, 5) is 12.6. The molecule has 13 heteroatoms. The van der Waals surface area contributed by atoms with Crippen LogP contribution in [-0.2, 0) is 10.0 Å². The van der Waals surface area contributed by atoms with E-state index < -0.39 is 21.0 Å². The van der Waals surface area contributed by atoms with Crippen molar-refractivity contribution >= 4 is 50.0 Å². The molecule has 0 aliphatic carbocycles. The average Bonchev–Trinajstić information content (AvgIpc) is 3.33. The molecule has 0 unspecified atom stereocenters. The van der Waals surface area contributed by atoms with E-state index in [9.17, 15) is 22.3 Å². The van der Waals surface area contributed by atoms with E-state index in [4.69, 9.17) is 16.3 Å². The van der Waals surface area contributed by atoms with Crippen LogP contribution in [0.15, 0.2) is 89.0 Å². The van der Waals surface area contributed by atoms with Crippen molar-refractivity contribution in [3.63, 3.8) is 0 Å². The van der Waals surface area contributed by atoms with E-state index in [0.717, 1.165) is 6.07 Å². The molecule has 208 valence electrons. The molecule has 0 saturated heterocycles. The van der Waals surface area contributed by atoms with Crippen LogP contribution in [-0.4, -0.2) is 36.8 Å². The number of aromatic nitrogens is 2. The Morgan fingerprint density at radius 1 is 1.05 bits per heavy atom. The van der Waals surface area contributed by atoms with Gasteiger partial charge in [-0.05, 0) is 42.0 Å². The highest BCUT2D eigenvalue weighted by Gasteiger charge is 2.25. The van der Waals surface area contributed by atoms with Crippen LogP contribution in [0.5, 0.6) is 11.5 Å². The van der Waals surface area contributed by atoms with Crippen molar-refractivity contribution in [3.8, 4) is 33.9 Å². The molecular weight excluding hydrogens is 594 g/mol. The fraction of sp³-hybridized carbons (Fsp3) is 0.0357. The Hall–Kier alpha value is -4.39. The highest BCUT2D eigenvalue weighted by molar-refractivity contribution is 7.93. The molecule has 2 N–H and O–H groups in total. The quantitative estimate of drug-likeness (QED) is 0.181. The number of rotatable bonds is 8. The summed E-state index contributed by atoms with van der Waals surface area (Å²) in [5.74, 6) is -0.509. The van der Waals surface area contributed by atoms with Crippen LogP contribution >= 0.6 is 22.9 Å². The van der Waals surface area contributed by atoms with Crippen molar-refractivity contribution in [2.24, 2.45) is 4.99 Å².